The lowest BCUT2D eigenvalue weighted by Gasteiger charge is -2.29. The molecule has 19 heavy (non-hydrogen) atoms. The average molecular weight is 261 g/mol. The summed E-state index contributed by atoms with van der Waals surface area (Å²) in [6, 6.07) is 9.22. The van der Waals surface area contributed by atoms with Crippen molar-refractivity contribution in [2.24, 2.45) is 5.92 Å². The Kier molecular flexibility index (Phi) is 5.41. The fourth-order valence-corrected chi connectivity index (χ4v) is 2.91. The lowest BCUT2D eigenvalue weighted by molar-refractivity contribution is 0.0684. The van der Waals surface area contributed by atoms with E-state index >= 15 is 0 Å². The van der Waals surface area contributed by atoms with Gasteiger partial charge in [0.1, 0.15) is 0 Å². The van der Waals surface area contributed by atoms with Gasteiger partial charge in [-0.2, -0.15) is 0 Å². The molecule has 2 rings (SSSR count). The maximum Gasteiger partial charge on any atom is 0.0580 e. The maximum absolute atomic E-state index is 9.98. The van der Waals surface area contributed by atoms with E-state index in [0.717, 1.165) is 25.8 Å². The molecule has 2 heteroatoms. The van der Waals surface area contributed by atoms with Crippen LogP contribution in [0.4, 0.5) is 0 Å². The van der Waals surface area contributed by atoms with Crippen LogP contribution >= 0.6 is 0 Å². The van der Waals surface area contributed by atoms with E-state index in [0.29, 0.717) is 12.0 Å². The van der Waals surface area contributed by atoms with Crippen LogP contribution in [0.15, 0.2) is 24.3 Å². The number of aryl methyl sites for hydroxylation is 1. The van der Waals surface area contributed by atoms with Crippen LogP contribution in [0.25, 0.3) is 0 Å². The Morgan fingerprint density at radius 1 is 1.21 bits per heavy atom. The Morgan fingerprint density at radius 3 is 2.53 bits per heavy atom. The smallest absolute Gasteiger partial charge is 0.0580 e. The highest BCUT2D eigenvalue weighted by atomic mass is 16.3. The van der Waals surface area contributed by atoms with Crippen molar-refractivity contribution in [1.82, 2.24) is 5.32 Å². The highest BCUT2D eigenvalue weighted by molar-refractivity contribution is 5.24. The van der Waals surface area contributed by atoms with E-state index in [1.165, 1.54) is 24.0 Å². The van der Waals surface area contributed by atoms with Crippen molar-refractivity contribution in [2.45, 2.75) is 58.1 Å². The Hall–Kier alpha value is -0.860. The van der Waals surface area contributed by atoms with Crippen LogP contribution in [0.3, 0.4) is 0 Å². The van der Waals surface area contributed by atoms with Gasteiger partial charge >= 0.3 is 0 Å². The zero-order valence-corrected chi connectivity index (χ0v) is 12.2. The highest BCUT2D eigenvalue weighted by Crippen LogP contribution is 2.24. The van der Waals surface area contributed by atoms with Crippen molar-refractivity contribution in [3.63, 3.8) is 0 Å². The number of aliphatic hydroxyl groups excluding tert-OH is 1. The van der Waals surface area contributed by atoms with Crippen molar-refractivity contribution in [3.8, 4) is 0 Å². The second-order valence-electron chi connectivity index (χ2n) is 5.84. The maximum atomic E-state index is 9.98. The van der Waals surface area contributed by atoms with E-state index in [-0.39, 0.29) is 6.10 Å². The summed E-state index contributed by atoms with van der Waals surface area (Å²) in [5.74, 6) is 0.436. The van der Waals surface area contributed by atoms with Gasteiger partial charge in [-0.1, -0.05) is 44.0 Å². The molecule has 2 nitrogen and oxygen atoms in total. The summed E-state index contributed by atoms with van der Waals surface area (Å²) < 4.78 is 0. The minimum Gasteiger partial charge on any atom is -0.393 e. The quantitative estimate of drug-likeness (QED) is 0.851. The summed E-state index contributed by atoms with van der Waals surface area (Å²) in [4.78, 5) is 0. The van der Waals surface area contributed by atoms with Gasteiger partial charge in [0.25, 0.3) is 0 Å². The predicted octanol–water partition coefficient (Wildman–Crippen LogP) is 3.45. The van der Waals surface area contributed by atoms with Crippen molar-refractivity contribution >= 4 is 0 Å². The molecule has 0 radical (unpaired) electrons. The van der Waals surface area contributed by atoms with Crippen LogP contribution in [0, 0.1) is 5.92 Å². The van der Waals surface area contributed by atoms with Gasteiger partial charge in [0.05, 0.1) is 6.10 Å². The summed E-state index contributed by atoms with van der Waals surface area (Å²) in [5.41, 5.74) is 2.72. The van der Waals surface area contributed by atoms with Crippen LogP contribution in [-0.2, 0) is 6.42 Å². The first kappa shape index (κ1) is 14.5. The first-order chi connectivity index (χ1) is 9.20. The fourth-order valence-electron chi connectivity index (χ4n) is 2.91. The predicted molar refractivity (Wildman–Crippen MR) is 80.2 cm³/mol. The molecule has 2 N–H and O–H groups in total. The van der Waals surface area contributed by atoms with Crippen molar-refractivity contribution in [3.05, 3.63) is 35.4 Å². The van der Waals surface area contributed by atoms with Crippen LogP contribution in [0.1, 0.15) is 56.7 Å². The Bertz CT molecular complexity index is 373. The molecule has 0 amide bonds. The van der Waals surface area contributed by atoms with Gasteiger partial charge in [0, 0.05) is 12.6 Å². The van der Waals surface area contributed by atoms with Crippen LogP contribution in [0.2, 0.25) is 0 Å². The summed E-state index contributed by atoms with van der Waals surface area (Å²) in [7, 11) is 0. The second-order valence-corrected chi connectivity index (χ2v) is 5.84. The van der Waals surface area contributed by atoms with E-state index in [9.17, 15) is 5.11 Å². The van der Waals surface area contributed by atoms with E-state index in [2.05, 4.69) is 43.4 Å². The minimum atomic E-state index is -0.101. The molecule has 1 aliphatic rings. The first-order valence-corrected chi connectivity index (χ1v) is 7.71. The van der Waals surface area contributed by atoms with E-state index in [1.807, 2.05) is 0 Å². The van der Waals surface area contributed by atoms with Crippen molar-refractivity contribution in [2.75, 3.05) is 6.54 Å². The SMILES string of the molecule is CCc1ccc(C(C)NCC2CCCCC2O)cc1. The van der Waals surface area contributed by atoms with Crippen molar-refractivity contribution in [1.29, 1.82) is 0 Å². The second kappa shape index (κ2) is 7.06. The molecule has 106 valence electrons. The van der Waals surface area contributed by atoms with Crippen molar-refractivity contribution < 1.29 is 5.11 Å². The van der Waals surface area contributed by atoms with Crippen LogP contribution in [-0.4, -0.2) is 17.8 Å². The molecule has 1 aliphatic carbocycles. The molecule has 0 saturated heterocycles. The number of hydrogen-bond donors (Lipinski definition) is 2. The third-order valence-corrected chi connectivity index (χ3v) is 4.44. The minimum absolute atomic E-state index is 0.101. The molecule has 1 aromatic rings. The van der Waals surface area contributed by atoms with Gasteiger partial charge in [-0.15, -0.1) is 0 Å². The monoisotopic (exact) mass is 261 g/mol. The normalized spacial score (nSPS) is 25.2. The zero-order valence-electron chi connectivity index (χ0n) is 12.2. The number of nitrogens with one attached hydrogen (secondary N) is 1. The number of benzene rings is 1. The number of rotatable bonds is 5. The lowest BCUT2D eigenvalue weighted by atomic mass is 9.86. The molecule has 1 aromatic carbocycles. The molecule has 0 aliphatic heterocycles. The van der Waals surface area contributed by atoms with Gasteiger partial charge in [-0.05, 0) is 43.2 Å². The Balaban J connectivity index is 1.84. The third kappa shape index (κ3) is 4.05. The topological polar surface area (TPSA) is 32.3 Å². The summed E-state index contributed by atoms with van der Waals surface area (Å²) in [6.45, 7) is 5.31. The molecule has 0 heterocycles. The molecule has 0 aromatic heterocycles. The molecule has 3 atom stereocenters. The van der Waals surface area contributed by atoms with Gasteiger partial charge in [-0.3, -0.25) is 0 Å². The molecule has 0 spiro atoms. The van der Waals surface area contributed by atoms with Crippen LogP contribution < -0.4 is 5.32 Å². The van der Waals surface area contributed by atoms with E-state index < -0.39 is 0 Å². The standard InChI is InChI=1S/C17H27NO/c1-3-14-8-10-15(11-9-14)13(2)18-12-16-6-4-5-7-17(16)19/h8-11,13,16-19H,3-7,12H2,1-2H3. The molecule has 3 unspecified atom stereocenters. The highest BCUT2D eigenvalue weighted by Gasteiger charge is 2.23. The van der Waals surface area contributed by atoms with Crippen LogP contribution in [0.5, 0.6) is 0 Å². The summed E-state index contributed by atoms with van der Waals surface area (Å²) in [5, 5.41) is 13.6. The molecular weight excluding hydrogens is 234 g/mol. The molecule has 1 fully saturated rings. The largest absolute Gasteiger partial charge is 0.393 e. The average Bonchev–Trinajstić information content (AvgIpc) is 2.46. The summed E-state index contributed by atoms with van der Waals surface area (Å²) >= 11 is 0. The molecule has 0 bridgehead atoms. The fraction of sp³-hybridized carbons (Fsp3) is 0.647. The third-order valence-electron chi connectivity index (χ3n) is 4.44. The lowest BCUT2D eigenvalue weighted by Crippen LogP contribution is -2.34. The summed E-state index contributed by atoms with van der Waals surface area (Å²) in [6.07, 6.45) is 5.59. The first-order valence-electron chi connectivity index (χ1n) is 7.71. The Morgan fingerprint density at radius 2 is 1.89 bits per heavy atom. The van der Waals surface area contributed by atoms with E-state index in [4.69, 9.17) is 0 Å². The zero-order chi connectivity index (χ0) is 13.7. The Labute approximate surface area is 117 Å². The van der Waals surface area contributed by atoms with Gasteiger partial charge in [-0.25, -0.2) is 0 Å². The number of hydrogen-bond acceptors (Lipinski definition) is 2. The van der Waals surface area contributed by atoms with Gasteiger partial charge in [0.15, 0.2) is 0 Å². The number of aliphatic hydroxyl groups is 1. The molecule has 1 saturated carbocycles. The van der Waals surface area contributed by atoms with Gasteiger partial charge in [0.2, 0.25) is 0 Å². The van der Waals surface area contributed by atoms with E-state index in [1.54, 1.807) is 0 Å². The molecular formula is C17H27NO. The van der Waals surface area contributed by atoms with Gasteiger partial charge < -0.3 is 10.4 Å².